The molecular formula is C10H11IO. The number of alkyl halides is 1. The first kappa shape index (κ1) is 8.51. The number of benzene rings is 1. The smallest absolute Gasteiger partial charge is 0.0944 e. The highest BCUT2D eigenvalue weighted by atomic mass is 127. The van der Waals surface area contributed by atoms with Crippen LogP contribution in [-0.4, -0.2) is 11.0 Å². The summed E-state index contributed by atoms with van der Waals surface area (Å²) in [6.45, 7) is 0. The normalized spacial score (nSPS) is 27.2. The molecule has 0 bridgehead atoms. The van der Waals surface area contributed by atoms with Crippen molar-refractivity contribution in [2.45, 2.75) is 16.4 Å². The van der Waals surface area contributed by atoms with Gasteiger partial charge in [0.2, 0.25) is 0 Å². The van der Waals surface area contributed by atoms with Crippen LogP contribution in [0.5, 0.6) is 0 Å². The van der Waals surface area contributed by atoms with Gasteiger partial charge in [-0.2, -0.15) is 0 Å². The molecule has 0 saturated carbocycles. The van der Waals surface area contributed by atoms with Gasteiger partial charge in [0.1, 0.15) is 0 Å². The molecule has 1 aliphatic rings. The van der Waals surface area contributed by atoms with Gasteiger partial charge in [-0.1, -0.05) is 46.9 Å². The lowest BCUT2D eigenvalue weighted by Gasteiger charge is -2.12. The summed E-state index contributed by atoms with van der Waals surface area (Å²) in [7, 11) is 1.79. The molecule has 1 nitrogen and oxygen atoms in total. The van der Waals surface area contributed by atoms with Crippen molar-refractivity contribution in [3.63, 3.8) is 0 Å². The molecule has 12 heavy (non-hydrogen) atoms. The molecule has 2 atom stereocenters. The van der Waals surface area contributed by atoms with E-state index in [4.69, 9.17) is 4.74 Å². The molecule has 1 aromatic carbocycles. The van der Waals surface area contributed by atoms with E-state index >= 15 is 0 Å². The predicted octanol–water partition coefficient (Wildman–Crippen LogP) is 2.73. The number of hydrogen-bond acceptors (Lipinski definition) is 1. The third-order valence-corrected chi connectivity index (χ3v) is 3.45. The number of rotatable bonds is 1. The fourth-order valence-electron chi connectivity index (χ4n) is 1.78. The van der Waals surface area contributed by atoms with Crippen molar-refractivity contribution in [3.8, 4) is 0 Å². The largest absolute Gasteiger partial charge is 0.376 e. The van der Waals surface area contributed by atoms with Gasteiger partial charge in [-0.3, -0.25) is 0 Å². The lowest BCUT2D eigenvalue weighted by molar-refractivity contribution is 0.113. The van der Waals surface area contributed by atoms with Gasteiger partial charge in [0.15, 0.2) is 0 Å². The maximum Gasteiger partial charge on any atom is 0.0944 e. The zero-order chi connectivity index (χ0) is 8.55. The maximum absolute atomic E-state index is 5.44. The summed E-state index contributed by atoms with van der Waals surface area (Å²) in [5.74, 6) is 0. The van der Waals surface area contributed by atoms with Crippen LogP contribution in [0.25, 0.3) is 0 Å². The molecule has 0 saturated heterocycles. The van der Waals surface area contributed by atoms with E-state index in [1.807, 2.05) is 0 Å². The molecule has 0 aromatic heterocycles. The van der Waals surface area contributed by atoms with Gasteiger partial charge < -0.3 is 4.74 Å². The number of methoxy groups -OCH3 is 1. The fraction of sp³-hybridized carbons (Fsp3) is 0.400. The van der Waals surface area contributed by atoms with Crippen LogP contribution in [0.4, 0.5) is 0 Å². The third kappa shape index (κ3) is 1.27. The van der Waals surface area contributed by atoms with E-state index in [0.29, 0.717) is 10.0 Å². The maximum atomic E-state index is 5.44. The van der Waals surface area contributed by atoms with Crippen LogP contribution in [-0.2, 0) is 11.2 Å². The average molecular weight is 274 g/mol. The van der Waals surface area contributed by atoms with Crippen molar-refractivity contribution in [2.24, 2.45) is 0 Å². The minimum atomic E-state index is 0.307. The molecule has 0 amide bonds. The van der Waals surface area contributed by atoms with Crippen molar-refractivity contribution in [2.75, 3.05) is 7.11 Å². The molecule has 2 unspecified atom stereocenters. The van der Waals surface area contributed by atoms with Crippen LogP contribution in [0, 0.1) is 0 Å². The SMILES string of the molecule is COC1c2ccccc2CC1I. The van der Waals surface area contributed by atoms with Crippen molar-refractivity contribution in [1.82, 2.24) is 0 Å². The van der Waals surface area contributed by atoms with Crippen LogP contribution in [0.2, 0.25) is 0 Å². The van der Waals surface area contributed by atoms with Crippen molar-refractivity contribution in [3.05, 3.63) is 35.4 Å². The van der Waals surface area contributed by atoms with E-state index < -0.39 is 0 Å². The van der Waals surface area contributed by atoms with Gasteiger partial charge in [-0.25, -0.2) is 0 Å². The van der Waals surface area contributed by atoms with E-state index in [1.165, 1.54) is 11.1 Å². The first-order valence-electron chi connectivity index (χ1n) is 4.07. The molecule has 0 N–H and O–H groups in total. The molecule has 0 heterocycles. The summed E-state index contributed by atoms with van der Waals surface area (Å²) in [5, 5.41) is 0. The highest BCUT2D eigenvalue weighted by molar-refractivity contribution is 14.1. The van der Waals surface area contributed by atoms with E-state index in [1.54, 1.807) is 7.11 Å². The molecule has 1 aromatic rings. The first-order chi connectivity index (χ1) is 5.83. The van der Waals surface area contributed by atoms with E-state index in [0.717, 1.165) is 6.42 Å². The molecule has 0 spiro atoms. The highest BCUT2D eigenvalue weighted by Crippen LogP contribution is 2.37. The van der Waals surface area contributed by atoms with Crippen LogP contribution in [0.3, 0.4) is 0 Å². The molecular weight excluding hydrogens is 263 g/mol. The first-order valence-corrected chi connectivity index (χ1v) is 5.32. The molecule has 0 aliphatic heterocycles. The van der Waals surface area contributed by atoms with E-state index in [9.17, 15) is 0 Å². The second-order valence-corrected chi connectivity index (χ2v) is 4.68. The fourth-order valence-corrected chi connectivity index (χ4v) is 2.94. The van der Waals surface area contributed by atoms with Gasteiger partial charge in [-0.05, 0) is 17.5 Å². The van der Waals surface area contributed by atoms with E-state index in [2.05, 4.69) is 46.9 Å². The van der Waals surface area contributed by atoms with Crippen molar-refractivity contribution < 1.29 is 4.74 Å². The minimum absolute atomic E-state index is 0.307. The van der Waals surface area contributed by atoms with Gasteiger partial charge >= 0.3 is 0 Å². The molecule has 2 heteroatoms. The predicted molar refractivity (Wildman–Crippen MR) is 57.7 cm³/mol. The number of halogens is 1. The molecule has 64 valence electrons. The Balaban J connectivity index is 2.40. The molecule has 0 radical (unpaired) electrons. The second kappa shape index (κ2) is 3.34. The lowest BCUT2D eigenvalue weighted by Crippen LogP contribution is -2.07. The van der Waals surface area contributed by atoms with Crippen LogP contribution >= 0.6 is 22.6 Å². The van der Waals surface area contributed by atoms with Gasteiger partial charge in [0.05, 0.1) is 6.10 Å². The zero-order valence-corrected chi connectivity index (χ0v) is 9.11. The topological polar surface area (TPSA) is 9.23 Å². The Morgan fingerprint density at radius 1 is 1.42 bits per heavy atom. The zero-order valence-electron chi connectivity index (χ0n) is 6.96. The van der Waals surface area contributed by atoms with Crippen molar-refractivity contribution >= 4 is 22.6 Å². The quantitative estimate of drug-likeness (QED) is 0.565. The van der Waals surface area contributed by atoms with Gasteiger partial charge in [-0.15, -0.1) is 0 Å². The highest BCUT2D eigenvalue weighted by Gasteiger charge is 2.29. The Bertz CT molecular complexity index is 285. The standard InChI is InChI=1S/C10H11IO/c1-12-10-8-5-3-2-4-7(8)6-9(10)11/h2-5,9-10H,6H2,1H3. The van der Waals surface area contributed by atoms with Crippen LogP contribution in [0.1, 0.15) is 17.2 Å². The minimum Gasteiger partial charge on any atom is -0.376 e. The number of ether oxygens (including phenoxy) is 1. The van der Waals surface area contributed by atoms with Gasteiger partial charge in [0.25, 0.3) is 0 Å². The number of hydrogen-bond donors (Lipinski definition) is 0. The molecule has 2 rings (SSSR count). The lowest BCUT2D eigenvalue weighted by atomic mass is 10.1. The summed E-state index contributed by atoms with van der Waals surface area (Å²) in [6.07, 6.45) is 1.46. The summed E-state index contributed by atoms with van der Waals surface area (Å²) in [6, 6.07) is 8.54. The average Bonchev–Trinajstić information content (AvgIpc) is 2.40. The second-order valence-electron chi connectivity index (χ2n) is 3.08. The number of fused-ring (bicyclic) bond motifs is 1. The van der Waals surface area contributed by atoms with Gasteiger partial charge in [0, 0.05) is 11.0 Å². The Hall–Kier alpha value is -0.0900. The Morgan fingerprint density at radius 3 is 2.92 bits per heavy atom. The monoisotopic (exact) mass is 274 g/mol. The third-order valence-electron chi connectivity index (χ3n) is 2.36. The summed E-state index contributed by atoms with van der Waals surface area (Å²) < 4.78 is 6.04. The van der Waals surface area contributed by atoms with Crippen molar-refractivity contribution in [1.29, 1.82) is 0 Å². The Labute approximate surface area is 86.3 Å². The summed E-state index contributed by atoms with van der Waals surface area (Å²) in [5.41, 5.74) is 2.82. The van der Waals surface area contributed by atoms with Crippen LogP contribution < -0.4 is 0 Å². The summed E-state index contributed by atoms with van der Waals surface area (Å²) >= 11 is 2.46. The van der Waals surface area contributed by atoms with Crippen LogP contribution in [0.15, 0.2) is 24.3 Å². The Kier molecular flexibility index (Phi) is 2.37. The molecule has 1 aliphatic carbocycles. The summed E-state index contributed by atoms with van der Waals surface area (Å²) in [4.78, 5) is 0. The Morgan fingerprint density at radius 2 is 2.17 bits per heavy atom. The van der Waals surface area contributed by atoms with E-state index in [-0.39, 0.29) is 0 Å². The molecule has 0 fully saturated rings.